The molecule has 0 aliphatic heterocycles. The van der Waals surface area contributed by atoms with Crippen molar-refractivity contribution in [2.45, 2.75) is 6.92 Å². The fourth-order valence-corrected chi connectivity index (χ4v) is 1.27. The first kappa shape index (κ1) is 10.4. The molecule has 0 unspecified atom stereocenters. The number of halogens is 2. The molecule has 1 heterocycles. The third-order valence-corrected chi connectivity index (χ3v) is 1.89. The van der Waals surface area contributed by atoms with Crippen molar-refractivity contribution < 1.29 is 0 Å². The van der Waals surface area contributed by atoms with Crippen molar-refractivity contribution in [2.75, 3.05) is 0 Å². The minimum Gasteiger partial charge on any atom is -0.334 e. The van der Waals surface area contributed by atoms with Crippen LogP contribution < -0.4 is 10.7 Å². The highest BCUT2D eigenvalue weighted by molar-refractivity contribution is 6.44. The quantitative estimate of drug-likeness (QED) is 0.693. The Bertz CT molecular complexity index is 439. The Kier molecular flexibility index (Phi) is 3.17. The van der Waals surface area contributed by atoms with Gasteiger partial charge >= 0.3 is 0 Å². The molecule has 1 aromatic heterocycles. The highest BCUT2D eigenvalue weighted by Gasteiger charge is 1.95. The summed E-state index contributed by atoms with van der Waals surface area (Å²) in [7, 11) is 1.88. The monoisotopic (exact) mass is 216 g/mol. The number of nitrogens with zero attached hydrogens (tertiary/aromatic N) is 2. The average Bonchev–Trinajstić information content (AvgIpc) is 2.32. The van der Waals surface area contributed by atoms with Crippen molar-refractivity contribution in [2.24, 2.45) is 7.05 Å². The summed E-state index contributed by atoms with van der Waals surface area (Å²) >= 11 is 11.5. The number of hydrogen-bond acceptors (Lipinski definition) is 1. The van der Waals surface area contributed by atoms with Crippen LogP contribution in [-0.4, -0.2) is 9.55 Å². The van der Waals surface area contributed by atoms with E-state index in [1.165, 1.54) is 0 Å². The van der Waals surface area contributed by atoms with E-state index in [0.29, 0.717) is 10.1 Å². The van der Waals surface area contributed by atoms with Crippen molar-refractivity contribution in [3.63, 3.8) is 0 Å². The molecule has 0 spiro atoms. The van der Waals surface area contributed by atoms with Gasteiger partial charge in [-0.25, -0.2) is 4.98 Å². The Morgan fingerprint density at radius 2 is 2.23 bits per heavy atom. The van der Waals surface area contributed by atoms with Gasteiger partial charge in [-0.1, -0.05) is 29.8 Å². The highest BCUT2D eigenvalue weighted by atomic mass is 35.5. The molecule has 13 heavy (non-hydrogen) atoms. The van der Waals surface area contributed by atoms with Gasteiger partial charge in [0.2, 0.25) is 0 Å². The zero-order valence-electron chi connectivity index (χ0n) is 7.51. The van der Waals surface area contributed by atoms with E-state index in [2.05, 4.69) is 11.6 Å². The largest absolute Gasteiger partial charge is 0.334 e. The zero-order chi connectivity index (χ0) is 10.0. The number of aromatic nitrogens is 2. The van der Waals surface area contributed by atoms with Crippen LogP contribution in [0.3, 0.4) is 0 Å². The van der Waals surface area contributed by atoms with Crippen molar-refractivity contribution in [1.29, 1.82) is 0 Å². The van der Waals surface area contributed by atoms with Gasteiger partial charge in [0.1, 0.15) is 5.35 Å². The first-order valence-corrected chi connectivity index (χ1v) is 4.48. The van der Waals surface area contributed by atoms with Crippen LogP contribution in [0, 0.1) is 0 Å². The lowest BCUT2D eigenvalue weighted by molar-refractivity contribution is 0.881. The first-order valence-electron chi connectivity index (χ1n) is 3.72. The lowest BCUT2D eigenvalue weighted by Gasteiger charge is -1.89. The fourth-order valence-electron chi connectivity index (χ4n) is 1.02. The van der Waals surface area contributed by atoms with E-state index in [0.717, 1.165) is 10.7 Å². The molecule has 1 rings (SSSR count). The van der Waals surface area contributed by atoms with Gasteiger partial charge < -0.3 is 4.57 Å². The van der Waals surface area contributed by atoms with Crippen molar-refractivity contribution in [3.05, 3.63) is 28.6 Å². The topological polar surface area (TPSA) is 17.8 Å². The van der Waals surface area contributed by atoms with Crippen LogP contribution >= 0.6 is 23.2 Å². The number of rotatable bonds is 1. The summed E-state index contributed by atoms with van der Waals surface area (Å²) < 4.78 is 1.84. The Morgan fingerprint density at radius 3 is 2.69 bits per heavy atom. The second kappa shape index (κ2) is 3.99. The summed E-state index contributed by atoms with van der Waals surface area (Å²) in [5, 5.41) is 2.71. The van der Waals surface area contributed by atoms with E-state index in [1.54, 1.807) is 19.3 Å². The van der Waals surface area contributed by atoms with Crippen molar-refractivity contribution in [3.8, 4) is 0 Å². The summed E-state index contributed by atoms with van der Waals surface area (Å²) in [6.45, 7) is 5.38. The van der Waals surface area contributed by atoms with Crippen LogP contribution in [0.5, 0.6) is 0 Å². The number of aryl methyl sites for hydroxylation is 1. The molecule has 70 valence electrons. The first-order chi connectivity index (χ1) is 6.02. The molecule has 0 saturated carbocycles. The van der Waals surface area contributed by atoms with Gasteiger partial charge in [-0.05, 0) is 13.0 Å². The van der Waals surface area contributed by atoms with E-state index in [4.69, 9.17) is 23.2 Å². The van der Waals surface area contributed by atoms with E-state index < -0.39 is 0 Å². The predicted octanol–water partition coefficient (Wildman–Crippen LogP) is 1.32. The van der Waals surface area contributed by atoms with E-state index in [-0.39, 0.29) is 0 Å². The van der Waals surface area contributed by atoms with Crippen LogP contribution in [0.4, 0.5) is 0 Å². The van der Waals surface area contributed by atoms with Crippen LogP contribution in [0.15, 0.2) is 17.9 Å². The maximum absolute atomic E-state index is 5.85. The average molecular weight is 217 g/mol. The minimum absolute atomic E-state index is 0.461. The summed E-state index contributed by atoms with van der Waals surface area (Å²) in [6.07, 6.45) is 3.42. The SMILES string of the molecule is C=C(Cl)/C=c1\c(=C(/C)Cl)ncn1C. The number of imidazole rings is 1. The van der Waals surface area contributed by atoms with Gasteiger partial charge in [-0.3, -0.25) is 0 Å². The normalized spacial score (nSPS) is 14.6. The maximum Gasteiger partial charge on any atom is 0.103 e. The lowest BCUT2D eigenvalue weighted by atomic mass is 10.4. The summed E-state index contributed by atoms with van der Waals surface area (Å²) in [5.74, 6) is 0. The molecule has 0 aromatic carbocycles. The number of allylic oxidation sites excluding steroid dienone is 1. The third kappa shape index (κ3) is 2.36. The fraction of sp³-hybridized carbons (Fsp3) is 0.222. The molecule has 1 aromatic rings. The molecule has 4 heteroatoms. The molecule has 0 aliphatic carbocycles. The molecule has 0 radical (unpaired) electrons. The van der Waals surface area contributed by atoms with E-state index in [9.17, 15) is 0 Å². The lowest BCUT2D eigenvalue weighted by Crippen LogP contribution is -2.29. The van der Waals surface area contributed by atoms with Crippen LogP contribution in [0.25, 0.3) is 11.1 Å². The van der Waals surface area contributed by atoms with Gasteiger partial charge in [-0.15, -0.1) is 0 Å². The van der Waals surface area contributed by atoms with Crippen LogP contribution in [-0.2, 0) is 7.05 Å². The van der Waals surface area contributed by atoms with Gasteiger partial charge in [0.15, 0.2) is 0 Å². The Labute approximate surface area is 86.8 Å². The predicted molar refractivity (Wildman–Crippen MR) is 56.9 cm³/mol. The maximum atomic E-state index is 5.85. The molecule has 2 nitrogen and oxygen atoms in total. The van der Waals surface area contributed by atoms with Gasteiger partial charge in [0.25, 0.3) is 0 Å². The minimum atomic E-state index is 0.461. The Hall–Kier alpha value is -0.730. The molecule has 0 amide bonds. The summed E-state index contributed by atoms with van der Waals surface area (Å²) in [6, 6.07) is 0. The summed E-state index contributed by atoms with van der Waals surface area (Å²) in [4.78, 5) is 4.13. The number of hydrogen-bond donors (Lipinski definition) is 0. The molecule has 0 atom stereocenters. The molecule has 0 aliphatic rings. The second-order valence-electron chi connectivity index (χ2n) is 2.71. The van der Waals surface area contributed by atoms with Gasteiger partial charge in [0.05, 0.1) is 11.7 Å². The van der Waals surface area contributed by atoms with E-state index in [1.807, 2.05) is 11.6 Å². The Balaban J connectivity index is 3.61. The molecular weight excluding hydrogens is 207 g/mol. The van der Waals surface area contributed by atoms with Gasteiger partial charge in [0, 0.05) is 17.1 Å². The molecule has 0 fully saturated rings. The highest BCUT2D eigenvalue weighted by Crippen LogP contribution is 1.97. The van der Waals surface area contributed by atoms with Crippen molar-refractivity contribution >= 4 is 34.3 Å². The van der Waals surface area contributed by atoms with Crippen LogP contribution in [0.1, 0.15) is 6.92 Å². The van der Waals surface area contributed by atoms with Gasteiger partial charge in [-0.2, -0.15) is 0 Å². The zero-order valence-corrected chi connectivity index (χ0v) is 9.02. The molecule has 0 N–H and O–H groups in total. The standard InChI is InChI=1S/C9H10Cl2N2/c1-6(10)4-8-9(7(2)11)12-5-13(8)3/h4-5H,1H2,2-3H3/b8-4+,9-7-. The molecule has 0 saturated heterocycles. The Morgan fingerprint density at radius 1 is 1.62 bits per heavy atom. The van der Waals surface area contributed by atoms with Crippen molar-refractivity contribution in [1.82, 2.24) is 9.55 Å². The second-order valence-corrected chi connectivity index (χ2v) is 3.77. The third-order valence-electron chi connectivity index (χ3n) is 1.60. The summed E-state index contributed by atoms with van der Waals surface area (Å²) in [5.41, 5.74) is 0. The van der Waals surface area contributed by atoms with E-state index >= 15 is 0 Å². The smallest absolute Gasteiger partial charge is 0.103 e. The molecule has 0 bridgehead atoms. The van der Waals surface area contributed by atoms with Crippen LogP contribution in [0.2, 0.25) is 0 Å². The molecular formula is C9H10Cl2N2.